The highest BCUT2D eigenvalue weighted by Crippen LogP contribution is 2.18. The van der Waals surface area contributed by atoms with Crippen molar-refractivity contribution in [1.29, 1.82) is 0 Å². The lowest BCUT2D eigenvalue weighted by Crippen LogP contribution is -2.41. The van der Waals surface area contributed by atoms with E-state index < -0.39 is 10.0 Å². The monoisotopic (exact) mass is 305 g/mol. The molecule has 2 N–H and O–H groups in total. The van der Waals surface area contributed by atoms with Crippen molar-refractivity contribution in [3.63, 3.8) is 0 Å². The summed E-state index contributed by atoms with van der Waals surface area (Å²) in [5, 5.41) is 2.89. The molecule has 1 aliphatic carbocycles. The van der Waals surface area contributed by atoms with Gasteiger partial charge in [0.2, 0.25) is 10.0 Å². The second-order valence-corrected chi connectivity index (χ2v) is 7.92. The Bertz CT molecular complexity index is 378. The summed E-state index contributed by atoms with van der Waals surface area (Å²) in [6, 6.07) is 0.550. The molecule has 0 aromatic heterocycles. The summed E-state index contributed by atoms with van der Waals surface area (Å²) in [5.41, 5.74) is 0. The molecule has 1 unspecified atom stereocenters. The molecule has 118 valence electrons. The highest BCUT2D eigenvalue weighted by Gasteiger charge is 2.25. The van der Waals surface area contributed by atoms with Crippen LogP contribution in [0.5, 0.6) is 0 Å². The minimum Gasteiger partial charge on any atom is -0.379 e. The highest BCUT2D eigenvalue weighted by atomic mass is 32.2. The van der Waals surface area contributed by atoms with Crippen LogP contribution in [-0.2, 0) is 14.8 Å². The molecule has 2 aliphatic rings. The first-order chi connectivity index (χ1) is 9.58. The first-order valence-corrected chi connectivity index (χ1v) is 9.14. The Morgan fingerprint density at radius 2 is 2.00 bits per heavy atom. The lowest BCUT2D eigenvalue weighted by Gasteiger charge is -2.26. The van der Waals surface area contributed by atoms with Gasteiger partial charge in [-0.05, 0) is 32.7 Å². The topological polar surface area (TPSA) is 70.7 Å². The lowest BCUT2D eigenvalue weighted by atomic mass is 10.3. The molecule has 7 heteroatoms. The van der Waals surface area contributed by atoms with Crippen LogP contribution in [0.2, 0.25) is 0 Å². The highest BCUT2D eigenvalue weighted by molar-refractivity contribution is 7.90. The SMILES string of the molecule is CC(CNC1CC1)S(=O)(=O)NCCCN1CCOCC1. The molecular formula is C13H27N3O3S. The fraction of sp³-hybridized carbons (Fsp3) is 1.00. The van der Waals surface area contributed by atoms with Crippen molar-refractivity contribution in [1.82, 2.24) is 14.9 Å². The van der Waals surface area contributed by atoms with Crippen LogP contribution in [0.4, 0.5) is 0 Å². The van der Waals surface area contributed by atoms with Crippen LogP contribution >= 0.6 is 0 Å². The number of ether oxygens (including phenoxy) is 1. The van der Waals surface area contributed by atoms with Crippen LogP contribution in [0.25, 0.3) is 0 Å². The number of rotatable bonds is 9. The molecule has 2 fully saturated rings. The van der Waals surface area contributed by atoms with Crippen LogP contribution in [0.1, 0.15) is 26.2 Å². The van der Waals surface area contributed by atoms with Crippen LogP contribution in [-0.4, -0.2) is 70.5 Å². The third kappa shape index (κ3) is 5.65. The predicted molar refractivity (Wildman–Crippen MR) is 79.3 cm³/mol. The quantitative estimate of drug-likeness (QED) is 0.576. The van der Waals surface area contributed by atoms with E-state index in [0.29, 0.717) is 19.1 Å². The summed E-state index contributed by atoms with van der Waals surface area (Å²) in [4.78, 5) is 2.32. The Balaban J connectivity index is 1.58. The molecule has 2 rings (SSSR count). The summed E-state index contributed by atoms with van der Waals surface area (Å²) in [5.74, 6) is 0. The van der Waals surface area contributed by atoms with Crippen molar-refractivity contribution in [2.75, 3.05) is 45.9 Å². The van der Waals surface area contributed by atoms with Gasteiger partial charge in [0.15, 0.2) is 0 Å². The Hall–Kier alpha value is -0.210. The largest absolute Gasteiger partial charge is 0.379 e. The second kappa shape index (κ2) is 7.70. The number of nitrogens with one attached hydrogen (secondary N) is 2. The smallest absolute Gasteiger partial charge is 0.215 e. The molecule has 1 heterocycles. The number of nitrogens with zero attached hydrogens (tertiary/aromatic N) is 1. The summed E-state index contributed by atoms with van der Waals surface area (Å²) < 4.78 is 32.1. The average Bonchev–Trinajstić information content (AvgIpc) is 3.26. The molecule has 0 aromatic rings. The van der Waals surface area contributed by atoms with Crippen LogP contribution in [0.15, 0.2) is 0 Å². The van der Waals surface area contributed by atoms with E-state index >= 15 is 0 Å². The molecule has 0 radical (unpaired) electrons. The molecule has 0 aromatic carbocycles. The fourth-order valence-corrected chi connectivity index (χ4v) is 3.24. The van der Waals surface area contributed by atoms with E-state index in [1.807, 2.05) is 0 Å². The molecule has 6 nitrogen and oxygen atoms in total. The van der Waals surface area contributed by atoms with Crippen LogP contribution in [0, 0.1) is 0 Å². The van der Waals surface area contributed by atoms with Crippen molar-refractivity contribution >= 4 is 10.0 Å². The number of sulfonamides is 1. The van der Waals surface area contributed by atoms with Gasteiger partial charge >= 0.3 is 0 Å². The van der Waals surface area contributed by atoms with Crippen molar-refractivity contribution in [3.05, 3.63) is 0 Å². The summed E-state index contributed by atoms with van der Waals surface area (Å²) in [7, 11) is -3.19. The van der Waals surface area contributed by atoms with E-state index in [1.165, 1.54) is 12.8 Å². The summed E-state index contributed by atoms with van der Waals surface area (Å²) in [6.45, 7) is 7.24. The first kappa shape index (κ1) is 16.2. The van der Waals surface area contributed by atoms with Gasteiger partial charge < -0.3 is 10.1 Å². The Labute approximate surface area is 122 Å². The zero-order chi connectivity index (χ0) is 14.4. The number of hydrogen-bond donors (Lipinski definition) is 2. The normalized spacial score (nSPS) is 22.9. The molecule has 0 spiro atoms. The molecule has 1 saturated heterocycles. The van der Waals surface area contributed by atoms with E-state index in [4.69, 9.17) is 4.74 Å². The Morgan fingerprint density at radius 3 is 2.65 bits per heavy atom. The van der Waals surface area contributed by atoms with Gasteiger partial charge in [0.05, 0.1) is 18.5 Å². The molecule has 1 atom stereocenters. The third-order valence-electron chi connectivity index (χ3n) is 3.86. The van der Waals surface area contributed by atoms with Crippen molar-refractivity contribution < 1.29 is 13.2 Å². The molecule has 1 saturated carbocycles. The standard InChI is InChI=1S/C13H27N3O3S/c1-12(11-14-13-3-4-13)20(17,18)15-5-2-6-16-7-9-19-10-8-16/h12-15H,2-11H2,1H3. The second-order valence-electron chi connectivity index (χ2n) is 5.74. The van der Waals surface area contributed by atoms with Crippen LogP contribution in [0.3, 0.4) is 0 Å². The van der Waals surface area contributed by atoms with Gasteiger partial charge in [0, 0.05) is 32.2 Å². The van der Waals surface area contributed by atoms with E-state index in [1.54, 1.807) is 6.92 Å². The fourth-order valence-electron chi connectivity index (χ4n) is 2.21. The van der Waals surface area contributed by atoms with E-state index in [0.717, 1.165) is 39.3 Å². The zero-order valence-electron chi connectivity index (χ0n) is 12.3. The maximum Gasteiger partial charge on any atom is 0.215 e. The van der Waals surface area contributed by atoms with Gasteiger partial charge in [-0.3, -0.25) is 4.90 Å². The average molecular weight is 305 g/mol. The Morgan fingerprint density at radius 1 is 1.30 bits per heavy atom. The predicted octanol–water partition coefficient (Wildman–Crippen LogP) is -0.231. The van der Waals surface area contributed by atoms with Gasteiger partial charge in [0.1, 0.15) is 0 Å². The molecule has 1 aliphatic heterocycles. The van der Waals surface area contributed by atoms with Crippen LogP contribution < -0.4 is 10.0 Å². The van der Waals surface area contributed by atoms with Gasteiger partial charge in [-0.25, -0.2) is 13.1 Å². The van der Waals surface area contributed by atoms with Gasteiger partial charge in [-0.15, -0.1) is 0 Å². The molecule has 0 amide bonds. The maximum absolute atomic E-state index is 12.0. The van der Waals surface area contributed by atoms with Crippen molar-refractivity contribution in [2.24, 2.45) is 0 Å². The van der Waals surface area contributed by atoms with Crippen molar-refractivity contribution in [3.8, 4) is 0 Å². The van der Waals surface area contributed by atoms with E-state index in [2.05, 4.69) is 14.9 Å². The van der Waals surface area contributed by atoms with Gasteiger partial charge in [-0.2, -0.15) is 0 Å². The molecule has 20 heavy (non-hydrogen) atoms. The summed E-state index contributed by atoms with van der Waals surface area (Å²) in [6.07, 6.45) is 3.21. The summed E-state index contributed by atoms with van der Waals surface area (Å²) >= 11 is 0. The number of hydrogen-bond acceptors (Lipinski definition) is 5. The molecular weight excluding hydrogens is 278 g/mol. The van der Waals surface area contributed by atoms with E-state index in [9.17, 15) is 8.42 Å². The first-order valence-electron chi connectivity index (χ1n) is 7.60. The molecule has 0 bridgehead atoms. The minimum absolute atomic E-state index is 0.369. The third-order valence-corrected chi connectivity index (χ3v) is 5.69. The van der Waals surface area contributed by atoms with E-state index in [-0.39, 0.29) is 5.25 Å². The van der Waals surface area contributed by atoms with Gasteiger partial charge in [-0.1, -0.05) is 0 Å². The number of morpholine rings is 1. The maximum atomic E-state index is 12.0. The minimum atomic E-state index is -3.19. The Kier molecular flexibility index (Phi) is 6.22. The lowest BCUT2D eigenvalue weighted by molar-refractivity contribution is 0.0376. The van der Waals surface area contributed by atoms with Crippen molar-refractivity contribution in [2.45, 2.75) is 37.5 Å². The zero-order valence-corrected chi connectivity index (χ0v) is 13.1. The van der Waals surface area contributed by atoms with Gasteiger partial charge in [0.25, 0.3) is 0 Å².